The summed E-state index contributed by atoms with van der Waals surface area (Å²) in [7, 11) is 0. The van der Waals surface area contributed by atoms with Crippen molar-refractivity contribution in [1.82, 2.24) is 19.9 Å². The molecule has 1 aliphatic heterocycles. The van der Waals surface area contributed by atoms with Gasteiger partial charge in [0, 0.05) is 12.7 Å². The minimum absolute atomic E-state index is 0.0219. The van der Waals surface area contributed by atoms with Crippen molar-refractivity contribution in [3.05, 3.63) is 59.2 Å². The van der Waals surface area contributed by atoms with Gasteiger partial charge in [-0.25, -0.2) is 13.9 Å². The van der Waals surface area contributed by atoms with Crippen molar-refractivity contribution in [1.29, 1.82) is 0 Å². The highest BCUT2D eigenvalue weighted by atomic mass is 19.1. The summed E-state index contributed by atoms with van der Waals surface area (Å²) in [4.78, 5) is 19.8. The van der Waals surface area contributed by atoms with Crippen LogP contribution in [0.15, 0.2) is 53.7 Å². The third kappa shape index (κ3) is 3.72. The van der Waals surface area contributed by atoms with Gasteiger partial charge in [0.05, 0.1) is 24.4 Å². The molecule has 8 heteroatoms. The lowest BCUT2D eigenvalue weighted by atomic mass is 9.98. The maximum atomic E-state index is 14.4. The lowest BCUT2D eigenvalue weighted by Gasteiger charge is -2.27. The summed E-state index contributed by atoms with van der Waals surface area (Å²) in [5.41, 5.74) is 2.43. The highest BCUT2D eigenvalue weighted by Crippen LogP contribution is 2.35. The van der Waals surface area contributed by atoms with Crippen LogP contribution in [0.3, 0.4) is 0 Å². The van der Waals surface area contributed by atoms with Gasteiger partial charge in [0.2, 0.25) is 0 Å². The molecular formula is C24H28FN5O2. The van der Waals surface area contributed by atoms with Crippen molar-refractivity contribution in [2.45, 2.75) is 51.1 Å². The molecule has 2 fully saturated rings. The number of hydrogen-bond donors (Lipinski definition) is 2. The molecule has 0 radical (unpaired) electrons. The minimum Gasteiger partial charge on any atom is -0.394 e. The molecule has 2 aromatic heterocycles. The van der Waals surface area contributed by atoms with E-state index in [2.05, 4.69) is 21.4 Å². The fraction of sp³-hybridized carbons (Fsp3) is 0.458. The number of carbonyl (C=O) groups is 1. The van der Waals surface area contributed by atoms with E-state index in [1.165, 1.54) is 6.20 Å². The first-order valence-corrected chi connectivity index (χ1v) is 11.2. The van der Waals surface area contributed by atoms with Crippen LogP contribution in [0.2, 0.25) is 0 Å². The third-order valence-corrected chi connectivity index (χ3v) is 6.89. The SMILES string of the molecule is CC1=CC(C2CCCN2c2ccn3ncc(C(=O)NC4(CO)CC4)c3n2)=CC(F)=CC1C. The van der Waals surface area contributed by atoms with Gasteiger partial charge in [-0.3, -0.25) is 4.79 Å². The maximum Gasteiger partial charge on any atom is 0.257 e. The van der Waals surface area contributed by atoms with Gasteiger partial charge < -0.3 is 15.3 Å². The smallest absolute Gasteiger partial charge is 0.257 e. The molecule has 2 aliphatic carbocycles. The van der Waals surface area contributed by atoms with Gasteiger partial charge in [-0.1, -0.05) is 18.6 Å². The van der Waals surface area contributed by atoms with Crippen molar-refractivity contribution < 1.29 is 14.3 Å². The molecule has 2 unspecified atom stereocenters. The Hall–Kier alpha value is -3.00. The number of carbonyl (C=O) groups excluding carboxylic acids is 1. The Balaban J connectivity index is 1.46. The average Bonchev–Trinajstić information content (AvgIpc) is 3.21. The number of nitrogens with one attached hydrogen (secondary N) is 1. The van der Waals surface area contributed by atoms with Crippen LogP contribution >= 0.6 is 0 Å². The first-order chi connectivity index (χ1) is 15.4. The average molecular weight is 438 g/mol. The monoisotopic (exact) mass is 437 g/mol. The van der Waals surface area contributed by atoms with Crippen molar-refractivity contribution >= 4 is 17.4 Å². The molecule has 1 saturated heterocycles. The second-order valence-corrected chi connectivity index (χ2v) is 9.23. The lowest BCUT2D eigenvalue weighted by Crippen LogP contribution is -2.39. The topological polar surface area (TPSA) is 82.8 Å². The molecule has 3 heterocycles. The predicted molar refractivity (Wildman–Crippen MR) is 120 cm³/mol. The fourth-order valence-electron chi connectivity index (χ4n) is 4.55. The van der Waals surface area contributed by atoms with Crippen molar-refractivity contribution in [3.8, 4) is 0 Å². The zero-order valence-corrected chi connectivity index (χ0v) is 18.4. The zero-order chi connectivity index (χ0) is 22.5. The van der Waals surface area contributed by atoms with Crippen LogP contribution in [-0.4, -0.2) is 50.3 Å². The van der Waals surface area contributed by atoms with E-state index in [0.29, 0.717) is 11.2 Å². The summed E-state index contributed by atoms with van der Waals surface area (Å²) in [6.07, 6.45) is 12.1. The van der Waals surface area contributed by atoms with Crippen LogP contribution in [0.25, 0.3) is 5.65 Å². The predicted octanol–water partition coefficient (Wildman–Crippen LogP) is 3.33. The van der Waals surface area contributed by atoms with E-state index in [-0.39, 0.29) is 30.3 Å². The van der Waals surface area contributed by atoms with E-state index in [0.717, 1.165) is 49.2 Å². The molecule has 5 rings (SSSR count). The number of halogens is 1. The number of aliphatic hydroxyl groups is 1. The number of hydrogen-bond acceptors (Lipinski definition) is 5. The van der Waals surface area contributed by atoms with E-state index >= 15 is 0 Å². The number of nitrogens with zero attached hydrogens (tertiary/aromatic N) is 4. The molecule has 0 aromatic carbocycles. The normalized spacial score (nSPS) is 24.6. The zero-order valence-electron chi connectivity index (χ0n) is 18.4. The first-order valence-electron chi connectivity index (χ1n) is 11.2. The quantitative estimate of drug-likeness (QED) is 0.750. The van der Waals surface area contributed by atoms with Crippen molar-refractivity contribution in [2.24, 2.45) is 5.92 Å². The second kappa shape index (κ2) is 7.85. The van der Waals surface area contributed by atoms with Crippen LogP contribution < -0.4 is 10.2 Å². The van der Waals surface area contributed by atoms with Gasteiger partial charge in [-0.15, -0.1) is 0 Å². The van der Waals surface area contributed by atoms with Crippen LogP contribution in [0, 0.1) is 5.92 Å². The third-order valence-electron chi connectivity index (χ3n) is 6.89. The van der Waals surface area contributed by atoms with E-state index in [1.54, 1.807) is 22.9 Å². The molecule has 1 amide bonds. The molecule has 7 nitrogen and oxygen atoms in total. The van der Waals surface area contributed by atoms with Gasteiger partial charge in [0.25, 0.3) is 5.91 Å². The molecule has 2 atom stereocenters. The van der Waals surface area contributed by atoms with E-state index in [4.69, 9.17) is 4.98 Å². The molecule has 0 bridgehead atoms. The highest BCUT2D eigenvalue weighted by molar-refractivity contribution is 6.00. The van der Waals surface area contributed by atoms with Gasteiger partial charge in [0.15, 0.2) is 5.65 Å². The maximum absolute atomic E-state index is 14.4. The molecular weight excluding hydrogens is 409 g/mol. The largest absolute Gasteiger partial charge is 0.394 e. The number of amides is 1. The van der Waals surface area contributed by atoms with Gasteiger partial charge in [-0.2, -0.15) is 5.10 Å². The van der Waals surface area contributed by atoms with E-state index < -0.39 is 5.54 Å². The van der Waals surface area contributed by atoms with Gasteiger partial charge in [0.1, 0.15) is 17.2 Å². The molecule has 32 heavy (non-hydrogen) atoms. The summed E-state index contributed by atoms with van der Waals surface area (Å²) in [5, 5.41) is 16.7. The number of allylic oxidation sites excluding steroid dienone is 4. The Labute approximate surface area is 186 Å². The molecule has 168 valence electrons. The molecule has 2 N–H and O–H groups in total. The Kier molecular flexibility index (Phi) is 5.12. The number of anilines is 1. The molecule has 2 aromatic rings. The Morgan fingerprint density at radius 3 is 2.94 bits per heavy atom. The minimum atomic E-state index is -0.506. The Bertz CT molecular complexity index is 1160. The standard InChI is InChI=1S/C24H28FN5O2/c1-15-10-17(12-18(25)11-16(15)2)20-4-3-8-29(20)21-5-9-30-22(27-21)19(13-26-30)23(32)28-24(14-31)6-7-24/h5,9-13,16,20,31H,3-4,6-8,14H2,1-2H3,(H,28,32). The molecule has 1 saturated carbocycles. The van der Waals surface area contributed by atoms with Gasteiger partial charge in [-0.05, 0) is 62.3 Å². The summed E-state index contributed by atoms with van der Waals surface area (Å²) in [6, 6.07) is 1.91. The van der Waals surface area contributed by atoms with Crippen LogP contribution in [0.4, 0.5) is 10.2 Å². The van der Waals surface area contributed by atoms with Crippen molar-refractivity contribution in [3.63, 3.8) is 0 Å². The van der Waals surface area contributed by atoms with Crippen LogP contribution in [0.1, 0.15) is 49.9 Å². The van der Waals surface area contributed by atoms with Crippen LogP contribution in [-0.2, 0) is 0 Å². The number of rotatable bonds is 5. The summed E-state index contributed by atoms with van der Waals surface area (Å²) in [5.74, 6) is 0.324. The highest BCUT2D eigenvalue weighted by Gasteiger charge is 2.44. The Morgan fingerprint density at radius 2 is 2.19 bits per heavy atom. The van der Waals surface area contributed by atoms with E-state index in [1.807, 2.05) is 19.9 Å². The van der Waals surface area contributed by atoms with E-state index in [9.17, 15) is 14.3 Å². The first kappa shape index (κ1) is 20.9. The lowest BCUT2D eigenvalue weighted by molar-refractivity contribution is 0.0908. The molecule has 0 spiro atoms. The molecule has 3 aliphatic rings. The second-order valence-electron chi connectivity index (χ2n) is 9.23. The summed E-state index contributed by atoms with van der Waals surface area (Å²) >= 11 is 0. The fourth-order valence-corrected chi connectivity index (χ4v) is 4.55. The summed E-state index contributed by atoms with van der Waals surface area (Å²) in [6.45, 7) is 4.77. The number of fused-ring (bicyclic) bond motifs is 1. The number of aliphatic hydroxyl groups excluding tert-OH is 1. The Morgan fingerprint density at radius 1 is 1.38 bits per heavy atom. The van der Waals surface area contributed by atoms with Gasteiger partial charge >= 0.3 is 0 Å². The van der Waals surface area contributed by atoms with Crippen molar-refractivity contribution in [2.75, 3.05) is 18.1 Å². The summed E-state index contributed by atoms with van der Waals surface area (Å²) < 4.78 is 16.0. The number of aromatic nitrogens is 3. The van der Waals surface area contributed by atoms with Crippen LogP contribution in [0.5, 0.6) is 0 Å².